The minimum Gasteiger partial charge on any atom is -0.497 e. The first-order valence-electron chi connectivity index (χ1n) is 13.0. The Kier molecular flexibility index (Phi) is 9.49. The van der Waals surface area contributed by atoms with Crippen molar-refractivity contribution in [2.45, 2.75) is 6.92 Å². The van der Waals surface area contributed by atoms with Gasteiger partial charge in [-0.2, -0.15) is 5.10 Å². The highest BCUT2D eigenvalue weighted by Crippen LogP contribution is 2.38. The Balaban J connectivity index is 1.46. The minimum absolute atomic E-state index is 0.222. The quantitative estimate of drug-likeness (QED) is 0.0688. The van der Waals surface area contributed by atoms with Gasteiger partial charge in [0.15, 0.2) is 5.75 Å². The van der Waals surface area contributed by atoms with Gasteiger partial charge in [0.05, 0.1) is 30.0 Å². The van der Waals surface area contributed by atoms with Crippen LogP contribution in [0.4, 0.5) is 0 Å². The molecule has 0 spiro atoms. The van der Waals surface area contributed by atoms with Crippen LogP contribution in [0.1, 0.15) is 33.3 Å². The summed E-state index contributed by atoms with van der Waals surface area (Å²) in [6.07, 6.45) is 1.40. The van der Waals surface area contributed by atoms with Gasteiger partial charge in [-0.05, 0) is 77.5 Å². The highest BCUT2D eigenvalue weighted by Gasteiger charge is 2.22. The smallest absolute Gasteiger partial charge is 0.343 e. The third-order valence-corrected chi connectivity index (χ3v) is 7.73. The summed E-state index contributed by atoms with van der Waals surface area (Å²) in [6, 6.07) is 22.9. The molecule has 2 N–H and O–H groups in total. The molecule has 1 heterocycles. The molecule has 1 aromatic heterocycles. The predicted molar refractivity (Wildman–Crippen MR) is 175 cm³/mol. The van der Waals surface area contributed by atoms with E-state index < -0.39 is 11.9 Å². The number of hydrogen-bond acceptors (Lipinski definition) is 6. The number of amides is 1. The fraction of sp³-hybridized carbons (Fsp3) is 0.0938. The van der Waals surface area contributed by atoms with E-state index in [1.165, 1.54) is 13.3 Å². The summed E-state index contributed by atoms with van der Waals surface area (Å²) in [5, 5.41) is 5.45. The second kappa shape index (κ2) is 13.5. The Hall–Kier alpha value is -4.12. The molecule has 0 radical (unpaired) electrons. The van der Waals surface area contributed by atoms with Crippen molar-refractivity contribution in [3.63, 3.8) is 0 Å². The molecule has 0 aliphatic rings. The molecule has 11 heteroatoms. The van der Waals surface area contributed by atoms with Crippen LogP contribution in [0.3, 0.4) is 0 Å². The number of halogens is 3. The van der Waals surface area contributed by atoms with Gasteiger partial charge < -0.3 is 19.2 Å². The number of nitrogens with zero attached hydrogens (tertiary/aromatic N) is 1. The van der Waals surface area contributed by atoms with Gasteiger partial charge in [-0.1, -0.05) is 51.8 Å². The molecule has 5 rings (SSSR count). The monoisotopic (exact) mass is 723 g/mol. The number of rotatable bonds is 9. The Morgan fingerprint density at radius 1 is 1.00 bits per heavy atom. The van der Waals surface area contributed by atoms with E-state index in [1.807, 2.05) is 43.3 Å². The lowest BCUT2D eigenvalue weighted by molar-refractivity contribution is 0.0732. The number of carbonyl (C=O) groups is 2. The Labute approximate surface area is 269 Å². The predicted octanol–water partition coefficient (Wildman–Crippen LogP) is 8.40. The largest absolute Gasteiger partial charge is 0.497 e. The second-order valence-electron chi connectivity index (χ2n) is 9.12. The Bertz CT molecular complexity index is 1870. The molecule has 0 fully saturated rings. The minimum atomic E-state index is -0.588. The van der Waals surface area contributed by atoms with Gasteiger partial charge in [0.25, 0.3) is 5.91 Å². The number of aromatic nitrogens is 1. The first-order chi connectivity index (χ1) is 20.8. The van der Waals surface area contributed by atoms with E-state index in [0.29, 0.717) is 54.3 Å². The van der Waals surface area contributed by atoms with Crippen molar-refractivity contribution in [1.82, 2.24) is 10.4 Å². The zero-order valence-electron chi connectivity index (χ0n) is 22.9. The number of H-pyrrole nitrogens is 1. The zero-order chi connectivity index (χ0) is 30.5. The number of methoxy groups -OCH3 is 1. The number of ether oxygens (including phenoxy) is 3. The fourth-order valence-corrected chi connectivity index (χ4v) is 6.01. The molecule has 0 saturated heterocycles. The molecule has 0 saturated carbocycles. The van der Waals surface area contributed by atoms with Crippen molar-refractivity contribution < 1.29 is 23.8 Å². The standard InChI is InChI=1S/C32H24Br2ClN3O5/c1-3-42-22-11-12-27-24(16-22)28(23-9-4-5-10-26(23)35)29(37-27)31(39)38-36-17-19-13-20(33)15-25(34)30(19)43-32(40)18-7-6-8-21(14-18)41-2/h4-17,37H,3H2,1-2H3,(H,38,39). The zero-order valence-corrected chi connectivity index (χ0v) is 26.8. The van der Waals surface area contributed by atoms with E-state index in [1.54, 1.807) is 42.5 Å². The van der Waals surface area contributed by atoms with Gasteiger partial charge in [0.1, 0.15) is 17.2 Å². The lowest BCUT2D eigenvalue weighted by Crippen LogP contribution is -2.19. The summed E-state index contributed by atoms with van der Waals surface area (Å²) >= 11 is 13.5. The van der Waals surface area contributed by atoms with Crippen LogP contribution in [-0.4, -0.2) is 36.8 Å². The number of nitrogens with one attached hydrogen (secondary N) is 2. The van der Waals surface area contributed by atoms with E-state index in [9.17, 15) is 9.59 Å². The first-order valence-corrected chi connectivity index (χ1v) is 15.0. The van der Waals surface area contributed by atoms with Gasteiger partial charge in [0.2, 0.25) is 0 Å². The molecule has 0 atom stereocenters. The summed E-state index contributed by atoms with van der Waals surface area (Å²) in [6.45, 7) is 2.41. The third kappa shape index (κ3) is 6.77. The van der Waals surface area contributed by atoms with Crippen LogP contribution in [0.25, 0.3) is 22.0 Å². The molecule has 0 bridgehead atoms. The molecule has 5 aromatic rings. The van der Waals surface area contributed by atoms with E-state index >= 15 is 0 Å². The van der Waals surface area contributed by atoms with Crippen molar-refractivity contribution >= 4 is 72.5 Å². The van der Waals surface area contributed by atoms with Crippen LogP contribution < -0.4 is 19.6 Å². The van der Waals surface area contributed by atoms with E-state index in [-0.39, 0.29) is 11.4 Å². The van der Waals surface area contributed by atoms with Gasteiger partial charge in [-0.3, -0.25) is 4.79 Å². The summed E-state index contributed by atoms with van der Waals surface area (Å²) < 4.78 is 17.8. The lowest BCUT2D eigenvalue weighted by Gasteiger charge is -2.11. The van der Waals surface area contributed by atoms with Crippen molar-refractivity contribution in [2.24, 2.45) is 5.10 Å². The Morgan fingerprint density at radius 2 is 1.81 bits per heavy atom. The van der Waals surface area contributed by atoms with Crippen LogP contribution in [0, 0.1) is 0 Å². The fourth-order valence-electron chi connectivity index (χ4n) is 4.44. The van der Waals surface area contributed by atoms with Gasteiger partial charge in [-0.15, -0.1) is 0 Å². The molecule has 1 amide bonds. The van der Waals surface area contributed by atoms with Gasteiger partial charge in [-0.25, -0.2) is 10.2 Å². The summed E-state index contributed by atoms with van der Waals surface area (Å²) in [4.78, 5) is 29.7. The molecular weight excluding hydrogens is 702 g/mol. The number of carbonyl (C=O) groups excluding carboxylic acids is 2. The maximum atomic E-state index is 13.5. The van der Waals surface area contributed by atoms with Crippen LogP contribution in [0.2, 0.25) is 5.02 Å². The number of esters is 1. The topological polar surface area (TPSA) is 102 Å². The third-order valence-electron chi connectivity index (χ3n) is 6.36. The first kappa shape index (κ1) is 30.3. The second-order valence-corrected chi connectivity index (χ2v) is 11.3. The van der Waals surface area contributed by atoms with Crippen LogP contribution in [-0.2, 0) is 0 Å². The maximum Gasteiger partial charge on any atom is 0.343 e. The van der Waals surface area contributed by atoms with Crippen LogP contribution >= 0.6 is 43.5 Å². The molecule has 0 unspecified atom stereocenters. The number of aromatic amines is 1. The van der Waals surface area contributed by atoms with Crippen LogP contribution in [0.15, 0.2) is 92.9 Å². The van der Waals surface area contributed by atoms with Crippen molar-refractivity contribution in [3.05, 3.63) is 110 Å². The molecule has 0 aliphatic carbocycles. The number of hydrogen-bond donors (Lipinski definition) is 2. The highest BCUT2D eigenvalue weighted by atomic mass is 79.9. The van der Waals surface area contributed by atoms with E-state index in [0.717, 1.165) is 10.9 Å². The lowest BCUT2D eigenvalue weighted by atomic mass is 10.0. The highest BCUT2D eigenvalue weighted by molar-refractivity contribution is 9.11. The average molecular weight is 726 g/mol. The van der Waals surface area contributed by atoms with Crippen molar-refractivity contribution in [3.8, 4) is 28.4 Å². The maximum absolute atomic E-state index is 13.5. The van der Waals surface area contributed by atoms with Gasteiger partial charge >= 0.3 is 5.97 Å². The number of hydrazone groups is 1. The SMILES string of the molecule is CCOc1ccc2[nH]c(C(=O)NN=Cc3cc(Br)cc(Br)c3OC(=O)c3cccc(OC)c3)c(-c3ccccc3Cl)c2c1. The number of benzene rings is 4. The molecule has 8 nitrogen and oxygen atoms in total. The molecule has 43 heavy (non-hydrogen) atoms. The molecule has 0 aliphatic heterocycles. The van der Waals surface area contributed by atoms with E-state index in [4.69, 9.17) is 25.8 Å². The molecule has 4 aromatic carbocycles. The number of fused-ring (bicyclic) bond motifs is 1. The van der Waals surface area contributed by atoms with Crippen LogP contribution in [0.5, 0.6) is 17.2 Å². The van der Waals surface area contributed by atoms with Crippen molar-refractivity contribution in [2.75, 3.05) is 13.7 Å². The average Bonchev–Trinajstić information content (AvgIpc) is 3.38. The van der Waals surface area contributed by atoms with Crippen molar-refractivity contribution in [1.29, 1.82) is 0 Å². The molecule has 218 valence electrons. The Morgan fingerprint density at radius 3 is 2.58 bits per heavy atom. The van der Waals surface area contributed by atoms with Gasteiger partial charge in [0, 0.05) is 37.1 Å². The summed E-state index contributed by atoms with van der Waals surface area (Å²) in [7, 11) is 1.52. The summed E-state index contributed by atoms with van der Waals surface area (Å²) in [5.41, 5.74) is 5.63. The van der Waals surface area contributed by atoms with E-state index in [2.05, 4.69) is 47.4 Å². The normalized spacial score (nSPS) is 11.1. The summed E-state index contributed by atoms with van der Waals surface area (Å²) in [5.74, 6) is 0.332. The molecular formula is C32H24Br2ClN3O5.